The maximum atomic E-state index is 12.5. The van der Waals surface area contributed by atoms with Crippen molar-refractivity contribution in [3.05, 3.63) is 46.1 Å². The number of amides is 1. The van der Waals surface area contributed by atoms with E-state index in [1.165, 1.54) is 31.2 Å². The highest BCUT2D eigenvalue weighted by atomic mass is 32.2. The van der Waals surface area contributed by atoms with Crippen LogP contribution in [0.1, 0.15) is 36.1 Å². The summed E-state index contributed by atoms with van der Waals surface area (Å²) in [7, 11) is -3.91. The summed E-state index contributed by atoms with van der Waals surface area (Å²) in [5.41, 5.74) is -0.318. The van der Waals surface area contributed by atoms with Gasteiger partial charge in [0.05, 0.1) is 17.5 Å². The third kappa shape index (κ3) is 5.25. The van der Waals surface area contributed by atoms with Crippen LogP contribution in [0.5, 0.6) is 0 Å². The first kappa shape index (κ1) is 19.8. The Hall–Kier alpha value is -2.50. The molecule has 1 amide bonds. The zero-order valence-electron chi connectivity index (χ0n) is 14.4. The Labute approximate surface area is 150 Å². The Bertz CT molecular complexity index is 905. The van der Waals surface area contributed by atoms with E-state index in [1.54, 1.807) is 0 Å². The van der Waals surface area contributed by atoms with Crippen LogP contribution in [0.2, 0.25) is 0 Å². The summed E-state index contributed by atoms with van der Waals surface area (Å²) in [6, 6.07) is 4.89. The fourth-order valence-corrected chi connectivity index (χ4v) is 3.39. The average molecular weight is 383 g/mol. The second-order valence-electron chi connectivity index (χ2n) is 5.39. The lowest BCUT2D eigenvalue weighted by molar-refractivity contribution is 0.0922. The minimum Gasteiger partial charge on any atom is -0.380 e. The van der Waals surface area contributed by atoms with Gasteiger partial charge in [0.25, 0.3) is 5.91 Å². The molecule has 4 N–H and O–H groups in total. The van der Waals surface area contributed by atoms with Gasteiger partial charge in [-0.3, -0.25) is 9.78 Å². The molecular weight excluding hydrogens is 362 g/mol. The molecule has 0 saturated heterocycles. The van der Waals surface area contributed by atoms with E-state index in [9.17, 15) is 18.0 Å². The number of rotatable bonds is 9. The predicted octanol–water partition coefficient (Wildman–Crippen LogP) is -0.0962. The molecule has 1 aromatic heterocycles. The van der Waals surface area contributed by atoms with Crippen molar-refractivity contribution in [2.75, 3.05) is 19.8 Å². The molecule has 0 aliphatic rings. The Morgan fingerprint density at radius 1 is 1.38 bits per heavy atom. The van der Waals surface area contributed by atoms with Gasteiger partial charge in [0.2, 0.25) is 10.0 Å². The quantitative estimate of drug-likeness (QED) is 0.445. The molecule has 0 radical (unpaired) electrons. The van der Waals surface area contributed by atoms with Gasteiger partial charge in [0, 0.05) is 18.7 Å². The molecule has 26 heavy (non-hydrogen) atoms. The molecule has 11 heteroatoms. The third-order valence-corrected chi connectivity index (χ3v) is 4.94. The van der Waals surface area contributed by atoms with Crippen molar-refractivity contribution < 1.29 is 17.9 Å². The van der Waals surface area contributed by atoms with Gasteiger partial charge in [0.1, 0.15) is 5.82 Å². The van der Waals surface area contributed by atoms with Crippen molar-refractivity contribution in [1.82, 2.24) is 25.2 Å². The summed E-state index contributed by atoms with van der Waals surface area (Å²) in [6.45, 7) is 4.64. The van der Waals surface area contributed by atoms with E-state index in [2.05, 4.69) is 25.2 Å². The summed E-state index contributed by atoms with van der Waals surface area (Å²) in [5, 5.41) is 8.51. The van der Waals surface area contributed by atoms with Gasteiger partial charge in [-0.05, 0) is 32.0 Å². The lowest BCUT2D eigenvalue weighted by Gasteiger charge is -2.12. The fourth-order valence-electron chi connectivity index (χ4n) is 2.13. The van der Waals surface area contributed by atoms with Gasteiger partial charge in [-0.15, -0.1) is 0 Å². The van der Waals surface area contributed by atoms with Crippen LogP contribution in [-0.2, 0) is 14.8 Å². The lowest BCUT2D eigenvalue weighted by atomic mass is 10.2. The van der Waals surface area contributed by atoms with Gasteiger partial charge < -0.3 is 10.1 Å². The van der Waals surface area contributed by atoms with E-state index in [0.29, 0.717) is 19.8 Å². The molecule has 2 rings (SSSR count). The molecule has 0 bridgehead atoms. The number of nitrogens with zero attached hydrogens (tertiary/aromatic N) is 1. The zero-order chi connectivity index (χ0) is 19.2. The number of benzene rings is 1. The maximum absolute atomic E-state index is 12.5. The van der Waals surface area contributed by atoms with Gasteiger partial charge in [0.15, 0.2) is 0 Å². The first-order valence-corrected chi connectivity index (χ1v) is 9.44. The Kier molecular flexibility index (Phi) is 6.66. The summed E-state index contributed by atoms with van der Waals surface area (Å²) in [4.78, 5) is 25.5. The number of sulfonamides is 1. The topological polar surface area (TPSA) is 146 Å². The van der Waals surface area contributed by atoms with Crippen LogP contribution >= 0.6 is 0 Å². The highest BCUT2D eigenvalue weighted by molar-refractivity contribution is 7.89. The molecular formula is C15H21N5O5S. The number of aromatic amines is 2. The molecule has 1 unspecified atom stereocenters. The van der Waals surface area contributed by atoms with Crippen LogP contribution in [0.4, 0.5) is 0 Å². The molecule has 0 saturated carbocycles. The van der Waals surface area contributed by atoms with Crippen molar-refractivity contribution in [3.8, 4) is 0 Å². The summed E-state index contributed by atoms with van der Waals surface area (Å²) in [6.07, 6.45) is 0. The van der Waals surface area contributed by atoms with Gasteiger partial charge in [-0.1, -0.05) is 6.07 Å². The van der Waals surface area contributed by atoms with Gasteiger partial charge in [-0.2, -0.15) is 5.10 Å². The summed E-state index contributed by atoms with van der Waals surface area (Å²) < 4.78 is 32.5. The number of aromatic nitrogens is 3. The van der Waals surface area contributed by atoms with Crippen LogP contribution in [0.25, 0.3) is 0 Å². The van der Waals surface area contributed by atoms with Crippen molar-refractivity contribution in [2.24, 2.45) is 0 Å². The van der Waals surface area contributed by atoms with Crippen LogP contribution < -0.4 is 15.7 Å². The number of nitrogens with one attached hydrogen (secondary N) is 4. The monoisotopic (exact) mass is 383 g/mol. The average Bonchev–Trinajstić information content (AvgIpc) is 3.05. The number of hydrogen-bond acceptors (Lipinski definition) is 6. The van der Waals surface area contributed by atoms with Crippen LogP contribution in [0.15, 0.2) is 34.0 Å². The summed E-state index contributed by atoms with van der Waals surface area (Å²) >= 11 is 0. The molecule has 0 aliphatic carbocycles. The van der Waals surface area contributed by atoms with Crippen LogP contribution in [0.3, 0.4) is 0 Å². The molecule has 142 valence electrons. The lowest BCUT2D eigenvalue weighted by Crippen LogP contribution is -2.29. The third-order valence-electron chi connectivity index (χ3n) is 3.40. The molecule has 10 nitrogen and oxygen atoms in total. The Morgan fingerprint density at radius 3 is 2.81 bits per heavy atom. The highest BCUT2D eigenvalue weighted by Gasteiger charge is 2.21. The number of hydrogen-bond donors (Lipinski definition) is 4. The van der Waals surface area contributed by atoms with E-state index in [4.69, 9.17) is 4.74 Å². The molecule has 0 fully saturated rings. The zero-order valence-corrected chi connectivity index (χ0v) is 15.2. The normalized spacial score (nSPS) is 12.7. The summed E-state index contributed by atoms with van der Waals surface area (Å²) in [5.74, 6) is -0.241. The van der Waals surface area contributed by atoms with Crippen LogP contribution in [-0.4, -0.2) is 49.3 Å². The van der Waals surface area contributed by atoms with Crippen molar-refractivity contribution in [1.29, 1.82) is 0 Å². The number of carbonyl (C=O) groups excluding carboxylic acids is 1. The molecule has 1 heterocycles. The van der Waals surface area contributed by atoms with Crippen molar-refractivity contribution >= 4 is 15.9 Å². The fraction of sp³-hybridized carbons (Fsp3) is 0.400. The van der Waals surface area contributed by atoms with E-state index < -0.39 is 27.7 Å². The second-order valence-corrected chi connectivity index (χ2v) is 7.10. The van der Waals surface area contributed by atoms with E-state index >= 15 is 0 Å². The van der Waals surface area contributed by atoms with Gasteiger partial charge in [-0.25, -0.2) is 23.0 Å². The smallest absolute Gasteiger partial charge is 0.340 e. The van der Waals surface area contributed by atoms with Crippen molar-refractivity contribution in [2.45, 2.75) is 24.8 Å². The number of H-pyrrole nitrogens is 2. The molecule has 0 spiro atoms. The highest BCUT2D eigenvalue weighted by Crippen LogP contribution is 2.15. The SMILES string of the molecule is CCOCCNC(=O)c1cccc(S(=O)(=O)NC(C)c2n[nH]c(=O)[nH]2)c1. The Balaban J connectivity index is 2.09. The van der Waals surface area contributed by atoms with E-state index in [0.717, 1.165) is 0 Å². The first-order valence-electron chi connectivity index (χ1n) is 7.96. The molecule has 1 aromatic carbocycles. The minimum atomic E-state index is -3.91. The molecule has 0 aliphatic heterocycles. The number of carbonyl (C=O) groups is 1. The second kappa shape index (κ2) is 8.74. The Morgan fingerprint density at radius 2 is 2.15 bits per heavy atom. The van der Waals surface area contributed by atoms with E-state index in [1.807, 2.05) is 6.92 Å². The van der Waals surface area contributed by atoms with E-state index in [-0.39, 0.29) is 16.3 Å². The van der Waals surface area contributed by atoms with Gasteiger partial charge >= 0.3 is 5.69 Å². The minimum absolute atomic E-state index is 0.0697. The largest absolute Gasteiger partial charge is 0.380 e. The molecule has 1 atom stereocenters. The predicted molar refractivity (Wildman–Crippen MR) is 93.2 cm³/mol. The van der Waals surface area contributed by atoms with Crippen LogP contribution in [0, 0.1) is 0 Å². The number of ether oxygens (including phenoxy) is 1. The maximum Gasteiger partial charge on any atom is 0.340 e. The first-order chi connectivity index (χ1) is 12.3. The standard InChI is InChI=1S/C15H21N5O5S/c1-3-25-8-7-16-14(21)11-5-4-6-12(9-11)26(23,24)20-10(2)13-17-15(22)19-18-13/h4-6,9-10,20H,3,7-8H2,1-2H3,(H,16,21)(H2,17,18,19,22). The van der Waals surface area contributed by atoms with Crippen molar-refractivity contribution in [3.63, 3.8) is 0 Å². The molecule has 2 aromatic rings.